The SMILES string of the molecule is CC(=O)OC1CN(CNC2CCN(Cc3ccccc3)C2)C1. The second kappa shape index (κ2) is 7.22. The number of likely N-dealkylation sites (tertiary alicyclic amines) is 2. The molecule has 2 aliphatic rings. The van der Waals surface area contributed by atoms with Crippen LogP contribution in [0.2, 0.25) is 0 Å². The van der Waals surface area contributed by atoms with Crippen molar-refractivity contribution in [1.82, 2.24) is 15.1 Å². The molecule has 2 fully saturated rings. The largest absolute Gasteiger partial charge is 0.460 e. The molecule has 1 aromatic rings. The first-order valence-electron chi connectivity index (χ1n) is 8.08. The zero-order valence-corrected chi connectivity index (χ0v) is 13.2. The van der Waals surface area contributed by atoms with Crippen LogP contribution in [0.1, 0.15) is 18.9 Å². The predicted molar refractivity (Wildman–Crippen MR) is 85.3 cm³/mol. The molecular weight excluding hydrogens is 278 g/mol. The standard InChI is InChI=1S/C17H25N3O2/c1-14(21)22-17-11-20(12-17)13-18-16-7-8-19(10-16)9-15-5-3-2-4-6-15/h2-6,16-18H,7-13H2,1H3. The highest BCUT2D eigenvalue weighted by Gasteiger charge is 2.30. The third kappa shape index (κ3) is 4.29. The van der Waals surface area contributed by atoms with Crippen molar-refractivity contribution in [3.63, 3.8) is 0 Å². The van der Waals surface area contributed by atoms with Crippen LogP contribution in [0.5, 0.6) is 0 Å². The van der Waals surface area contributed by atoms with Crippen LogP contribution in [0.25, 0.3) is 0 Å². The lowest BCUT2D eigenvalue weighted by molar-refractivity contribution is -0.154. The lowest BCUT2D eigenvalue weighted by Crippen LogP contribution is -2.56. The fourth-order valence-electron chi connectivity index (χ4n) is 3.20. The molecule has 2 aliphatic heterocycles. The minimum atomic E-state index is -0.176. The second-order valence-electron chi connectivity index (χ2n) is 6.34. The van der Waals surface area contributed by atoms with Crippen molar-refractivity contribution in [1.29, 1.82) is 0 Å². The highest BCUT2D eigenvalue weighted by molar-refractivity contribution is 5.66. The van der Waals surface area contributed by atoms with Gasteiger partial charge in [0, 0.05) is 52.4 Å². The van der Waals surface area contributed by atoms with E-state index in [4.69, 9.17) is 4.74 Å². The topological polar surface area (TPSA) is 44.8 Å². The van der Waals surface area contributed by atoms with E-state index in [1.165, 1.54) is 18.9 Å². The first-order valence-corrected chi connectivity index (χ1v) is 8.08. The van der Waals surface area contributed by atoms with Crippen LogP contribution in [0.15, 0.2) is 30.3 Å². The Bertz CT molecular complexity index is 488. The number of ether oxygens (including phenoxy) is 1. The molecule has 3 rings (SSSR count). The van der Waals surface area contributed by atoms with Gasteiger partial charge in [0.2, 0.25) is 0 Å². The molecule has 120 valence electrons. The highest BCUT2D eigenvalue weighted by atomic mass is 16.5. The summed E-state index contributed by atoms with van der Waals surface area (Å²) >= 11 is 0. The average molecular weight is 303 g/mol. The second-order valence-corrected chi connectivity index (χ2v) is 6.34. The van der Waals surface area contributed by atoms with Gasteiger partial charge < -0.3 is 10.1 Å². The normalized spacial score (nSPS) is 23.4. The minimum Gasteiger partial charge on any atom is -0.460 e. The maximum atomic E-state index is 10.8. The van der Waals surface area contributed by atoms with Gasteiger partial charge in [0.1, 0.15) is 6.10 Å². The van der Waals surface area contributed by atoms with Crippen molar-refractivity contribution in [2.24, 2.45) is 0 Å². The van der Waals surface area contributed by atoms with Gasteiger partial charge in [0.05, 0.1) is 0 Å². The molecule has 0 aromatic heterocycles. The molecule has 2 heterocycles. The molecule has 5 nitrogen and oxygen atoms in total. The third-order valence-electron chi connectivity index (χ3n) is 4.38. The lowest BCUT2D eigenvalue weighted by Gasteiger charge is -2.38. The van der Waals surface area contributed by atoms with Crippen molar-refractivity contribution in [3.8, 4) is 0 Å². The number of carbonyl (C=O) groups excluding carboxylic acids is 1. The minimum absolute atomic E-state index is 0.0949. The van der Waals surface area contributed by atoms with E-state index in [0.717, 1.165) is 39.4 Å². The van der Waals surface area contributed by atoms with E-state index in [0.29, 0.717) is 6.04 Å². The number of esters is 1. The van der Waals surface area contributed by atoms with Gasteiger partial charge in [-0.2, -0.15) is 0 Å². The number of carbonyl (C=O) groups is 1. The average Bonchev–Trinajstić information content (AvgIpc) is 2.89. The van der Waals surface area contributed by atoms with E-state index in [1.54, 1.807) is 0 Å². The summed E-state index contributed by atoms with van der Waals surface area (Å²) in [6.07, 6.45) is 1.30. The molecule has 0 bridgehead atoms. The van der Waals surface area contributed by atoms with Gasteiger partial charge >= 0.3 is 5.97 Å². The Morgan fingerprint density at radius 2 is 2.00 bits per heavy atom. The summed E-state index contributed by atoms with van der Waals surface area (Å²) < 4.78 is 5.16. The Hall–Kier alpha value is -1.43. The summed E-state index contributed by atoms with van der Waals surface area (Å²) in [6, 6.07) is 11.2. The summed E-state index contributed by atoms with van der Waals surface area (Å²) in [5.74, 6) is -0.176. The van der Waals surface area contributed by atoms with Gasteiger partial charge in [0.25, 0.3) is 0 Å². The monoisotopic (exact) mass is 303 g/mol. The molecule has 0 amide bonds. The van der Waals surface area contributed by atoms with Gasteiger partial charge in [-0.05, 0) is 12.0 Å². The van der Waals surface area contributed by atoms with Crippen molar-refractivity contribution < 1.29 is 9.53 Å². The van der Waals surface area contributed by atoms with Crippen molar-refractivity contribution in [2.75, 3.05) is 32.8 Å². The van der Waals surface area contributed by atoms with Crippen LogP contribution >= 0.6 is 0 Å². The van der Waals surface area contributed by atoms with Gasteiger partial charge in [-0.3, -0.25) is 14.6 Å². The van der Waals surface area contributed by atoms with Gasteiger partial charge in [-0.15, -0.1) is 0 Å². The van der Waals surface area contributed by atoms with E-state index in [9.17, 15) is 4.79 Å². The molecule has 0 spiro atoms. The number of benzene rings is 1. The maximum Gasteiger partial charge on any atom is 0.302 e. The molecule has 1 atom stereocenters. The molecular formula is C17H25N3O2. The first-order chi connectivity index (χ1) is 10.7. The molecule has 1 N–H and O–H groups in total. The Kier molecular flexibility index (Phi) is 5.08. The summed E-state index contributed by atoms with van der Waals surface area (Å²) in [4.78, 5) is 15.6. The molecule has 0 saturated carbocycles. The van der Waals surface area contributed by atoms with E-state index in [1.807, 2.05) is 0 Å². The molecule has 0 radical (unpaired) electrons. The van der Waals surface area contributed by atoms with Crippen molar-refractivity contribution >= 4 is 5.97 Å². The summed E-state index contributed by atoms with van der Waals surface area (Å²) in [5, 5.41) is 3.62. The van der Waals surface area contributed by atoms with Crippen LogP contribution in [-0.4, -0.2) is 60.8 Å². The number of hydrogen-bond donors (Lipinski definition) is 1. The van der Waals surface area contributed by atoms with Crippen LogP contribution in [-0.2, 0) is 16.1 Å². The number of rotatable bonds is 6. The maximum absolute atomic E-state index is 10.8. The zero-order valence-electron chi connectivity index (χ0n) is 13.2. The number of hydrogen-bond acceptors (Lipinski definition) is 5. The van der Waals surface area contributed by atoms with Gasteiger partial charge in [-0.1, -0.05) is 30.3 Å². The molecule has 22 heavy (non-hydrogen) atoms. The summed E-state index contributed by atoms with van der Waals surface area (Å²) in [5.41, 5.74) is 1.38. The van der Waals surface area contributed by atoms with Crippen LogP contribution in [0.4, 0.5) is 0 Å². The zero-order chi connectivity index (χ0) is 15.4. The Morgan fingerprint density at radius 3 is 2.73 bits per heavy atom. The Labute approximate surface area is 132 Å². The fourth-order valence-corrected chi connectivity index (χ4v) is 3.20. The fraction of sp³-hybridized carbons (Fsp3) is 0.588. The molecule has 1 aromatic carbocycles. The van der Waals surface area contributed by atoms with Gasteiger partial charge in [0.15, 0.2) is 0 Å². The van der Waals surface area contributed by atoms with E-state index < -0.39 is 0 Å². The molecule has 1 unspecified atom stereocenters. The predicted octanol–water partition coefficient (Wildman–Crippen LogP) is 1.06. The molecule has 5 heteroatoms. The number of nitrogens with one attached hydrogen (secondary N) is 1. The highest BCUT2D eigenvalue weighted by Crippen LogP contribution is 2.15. The van der Waals surface area contributed by atoms with Gasteiger partial charge in [-0.25, -0.2) is 0 Å². The number of nitrogens with zero attached hydrogens (tertiary/aromatic N) is 2. The van der Waals surface area contributed by atoms with Crippen LogP contribution < -0.4 is 5.32 Å². The Morgan fingerprint density at radius 1 is 1.23 bits per heavy atom. The van der Waals surface area contributed by atoms with Crippen LogP contribution in [0, 0.1) is 0 Å². The summed E-state index contributed by atoms with van der Waals surface area (Å²) in [6.45, 7) is 7.37. The van der Waals surface area contributed by atoms with Crippen molar-refractivity contribution in [3.05, 3.63) is 35.9 Å². The van der Waals surface area contributed by atoms with E-state index in [-0.39, 0.29) is 12.1 Å². The molecule has 2 saturated heterocycles. The lowest BCUT2D eigenvalue weighted by atomic mass is 10.2. The smallest absolute Gasteiger partial charge is 0.302 e. The quantitative estimate of drug-likeness (QED) is 0.796. The van der Waals surface area contributed by atoms with E-state index >= 15 is 0 Å². The van der Waals surface area contributed by atoms with Crippen LogP contribution in [0.3, 0.4) is 0 Å². The Balaban J connectivity index is 1.32. The van der Waals surface area contributed by atoms with Crippen molar-refractivity contribution in [2.45, 2.75) is 32.0 Å². The molecule has 0 aliphatic carbocycles. The first kappa shape index (κ1) is 15.5. The third-order valence-corrected chi connectivity index (χ3v) is 4.38. The summed E-state index contributed by atoms with van der Waals surface area (Å²) in [7, 11) is 0. The van der Waals surface area contributed by atoms with E-state index in [2.05, 4.69) is 45.4 Å².